The van der Waals surface area contributed by atoms with E-state index in [0.717, 1.165) is 36.5 Å². The fourth-order valence-electron chi connectivity index (χ4n) is 3.24. The molecule has 4 heterocycles. The molecule has 5 rings (SSSR count). The molecule has 1 atom stereocenters. The Balaban J connectivity index is 1.39. The van der Waals surface area contributed by atoms with Crippen molar-refractivity contribution in [2.24, 2.45) is 0 Å². The van der Waals surface area contributed by atoms with E-state index in [0.29, 0.717) is 11.7 Å². The molecule has 0 fully saturated rings. The van der Waals surface area contributed by atoms with Crippen molar-refractivity contribution in [2.45, 2.75) is 25.3 Å². The van der Waals surface area contributed by atoms with Crippen LogP contribution in [0.1, 0.15) is 24.1 Å². The number of aromatic nitrogens is 6. The van der Waals surface area contributed by atoms with Crippen molar-refractivity contribution >= 4 is 0 Å². The quantitative estimate of drug-likeness (QED) is 0.577. The van der Waals surface area contributed by atoms with E-state index in [-0.39, 0.29) is 5.92 Å². The first-order valence-electron chi connectivity index (χ1n) is 8.31. The molecule has 0 spiro atoms. The third-order valence-corrected chi connectivity index (χ3v) is 4.60. The van der Waals surface area contributed by atoms with E-state index in [9.17, 15) is 0 Å². The Labute approximate surface area is 143 Å². The minimum atomic E-state index is 0.223. The van der Waals surface area contributed by atoms with Crippen molar-refractivity contribution in [3.05, 3.63) is 66.8 Å². The fraction of sp³-hybridized carbons (Fsp3) is 0.222. The Morgan fingerprint density at radius 1 is 1.16 bits per heavy atom. The van der Waals surface area contributed by atoms with Crippen LogP contribution in [0.4, 0.5) is 0 Å². The molecule has 7 nitrogen and oxygen atoms in total. The largest absolute Gasteiger partial charge is 0.339 e. The van der Waals surface area contributed by atoms with Gasteiger partial charge < -0.3 is 9.09 Å². The van der Waals surface area contributed by atoms with Crippen molar-refractivity contribution < 1.29 is 4.52 Å². The van der Waals surface area contributed by atoms with Gasteiger partial charge in [0.25, 0.3) is 0 Å². The molecule has 0 N–H and O–H groups in total. The third-order valence-electron chi connectivity index (χ3n) is 4.60. The number of aryl methyl sites for hydroxylation is 1. The fourth-order valence-corrected chi connectivity index (χ4v) is 3.24. The predicted molar refractivity (Wildman–Crippen MR) is 90.1 cm³/mol. The zero-order valence-corrected chi connectivity index (χ0v) is 13.5. The molecule has 25 heavy (non-hydrogen) atoms. The maximum atomic E-state index is 5.53. The first kappa shape index (κ1) is 14.2. The summed E-state index contributed by atoms with van der Waals surface area (Å²) in [5.74, 6) is 2.55. The van der Waals surface area contributed by atoms with Crippen LogP contribution < -0.4 is 0 Å². The summed E-state index contributed by atoms with van der Waals surface area (Å²) in [6, 6.07) is 9.95. The number of rotatable bonds is 3. The smallest absolute Gasteiger partial charge is 0.230 e. The van der Waals surface area contributed by atoms with Gasteiger partial charge in [-0.1, -0.05) is 23.4 Å². The van der Waals surface area contributed by atoms with E-state index >= 15 is 0 Å². The summed E-state index contributed by atoms with van der Waals surface area (Å²) in [6.07, 6.45) is 9.34. The maximum absolute atomic E-state index is 5.53. The van der Waals surface area contributed by atoms with E-state index in [1.165, 1.54) is 0 Å². The van der Waals surface area contributed by atoms with Crippen molar-refractivity contribution in [2.75, 3.05) is 0 Å². The summed E-state index contributed by atoms with van der Waals surface area (Å²) in [4.78, 5) is 8.99. The third kappa shape index (κ3) is 2.53. The summed E-state index contributed by atoms with van der Waals surface area (Å²) in [7, 11) is 0. The lowest BCUT2D eigenvalue weighted by molar-refractivity contribution is 0.323. The van der Waals surface area contributed by atoms with Crippen LogP contribution in [0.15, 0.2) is 59.6 Å². The van der Waals surface area contributed by atoms with Gasteiger partial charge in [-0.15, -0.1) is 0 Å². The molecule has 1 aromatic carbocycles. The van der Waals surface area contributed by atoms with Gasteiger partial charge in [-0.2, -0.15) is 10.1 Å². The molecule has 0 saturated carbocycles. The Kier molecular flexibility index (Phi) is 3.22. The van der Waals surface area contributed by atoms with Crippen LogP contribution >= 0.6 is 0 Å². The summed E-state index contributed by atoms with van der Waals surface area (Å²) in [5.41, 5.74) is 1.84. The topological polar surface area (TPSA) is 74.6 Å². The zero-order chi connectivity index (χ0) is 16.6. The lowest BCUT2D eigenvalue weighted by Crippen LogP contribution is -2.18. The molecular formula is C18H16N6O. The van der Waals surface area contributed by atoms with Crippen molar-refractivity contribution in [1.82, 2.24) is 29.5 Å². The highest BCUT2D eigenvalue weighted by Gasteiger charge is 2.26. The molecule has 124 valence electrons. The molecule has 0 aliphatic carbocycles. The standard InChI is InChI=1S/C18H16N6O/c1-2-4-15(5-3-1)24-12-14(11-20-24)17-21-18(25-22-17)13-6-8-23-9-7-19-16(23)10-13/h1-5,7,9,11-13H,6,8,10H2. The molecule has 4 aromatic rings. The first-order valence-corrected chi connectivity index (χ1v) is 8.31. The Bertz CT molecular complexity index is 999. The van der Waals surface area contributed by atoms with E-state index in [2.05, 4.69) is 24.8 Å². The highest BCUT2D eigenvalue weighted by atomic mass is 16.5. The van der Waals surface area contributed by atoms with Gasteiger partial charge in [0, 0.05) is 37.5 Å². The zero-order valence-electron chi connectivity index (χ0n) is 13.5. The number of para-hydroxylation sites is 1. The number of hydrogen-bond donors (Lipinski definition) is 0. The van der Waals surface area contributed by atoms with Gasteiger partial charge in [0.1, 0.15) is 5.82 Å². The van der Waals surface area contributed by atoms with Crippen molar-refractivity contribution in [3.8, 4) is 17.1 Å². The van der Waals surface area contributed by atoms with Crippen molar-refractivity contribution in [3.63, 3.8) is 0 Å². The normalized spacial score (nSPS) is 16.7. The van der Waals surface area contributed by atoms with Crippen molar-refractivity contribution in [1.29, 1.82) is 0 Å². The average Bonchev–Trinajstić information content (AvgIpc) is 3.40. The van der Waals surface area contributed by atoms with E-state index in [1.54, 1.807) is 6.20 Å². The number of fused-ring (bicyclic) bond motifs is 1. The van der Waals surface area contributed by atoms with Gasteiger partial charge in [-0.05, 0) is 18.6 Å². The van der Waals surface area contributed by atoms with Gasteiger partial charge in [-0.25, -0.2) is 9.67 Å². The Morgan fingerprint density at radius 3 is 3.00 bits per heavy atom. The molecule has 1 aliphatic rings. The monoisotopic (exact) mass is 332 g/mol. The second-order valence-corrected chi connectivity index (χ2v) is 6.19. The number of benzene rings is 1. The van der Waals surface area contributed by atoms with Crippen LogP contribution in [0.25, 0.3) is 17.1 Å². The maximum Gasteiger partial charge on any atom is 0.230 e. The van der Waals surface area contributed by atoms with Crippen LogP contribution in [0.3, 0.4) is 0 Å². The van der Waals surface area contributed by atoms with E-state index < -0.39 is 0 Å². The van der Waals surface area contributed by atoms with Crippen LogP contribution in [0, 0.1) is 0 Å². The summed E-state index contributed by atoms with van der Waals surface area (Å²) < 4.78 is 9.52. The number of nitrogens with zero attached hydrogens (tertiary/aromatic N) is 6. The van der Waals surface area contributed by atoms with Gasteiger partial charge in [0.2, 0.25) is 11.7 Å². The highest BCUT2D eigenvalue weighted by molar-refractivity contribution is 5.52. The summed E-state index contributed by atoms with van der Waals surface area (Å²) in [6.45, 7) is 0.934. The minimum Gasteiger partial charge on any atom is -0.339 e. The van der Waals surface area contributed by atoms with E-state index in [4.69, 9.17) is 4.52 Å². The minimum absolute atomic E-state index is 0.223. The molecule has 0 saturated heterocycles. The number of imidazole rings is 1. The van der Waals surface area contributed by atoms with Crippen LogP contribution in [0.5, 0.6) is 0 Å². The van der Waals surface area contributed by atoms with Crippen LogP contribution in [-0.2, 0) is 13.0 Å². The molecule has 0 bridgehead atoms. The summed E-state index contributed by atoms with van der Waals surface area (Å²) >= 11 is 0. The van der Waals surface area contributed by atoms with E-state index in [1.807, 2.05) is 53.6 Å². The molecule has 0 radical (unpaired) electrons. The lowest BCUT2D eigenvalue weighted by atomic mass is 9.98. The molecule has 0 amide bonds. The van der Waals surface area contributed by atoms with Gasteiger partial charge in [0.15, 0.2) is 0 Å². The van der Waals surface area contributed by atoms with Gasteiger partial charge in [-0.3, -0.25) is 0 Å². The molecule has 3 aromatic heterocycles. The summed E-state index contributed by atoms with van der Waals surface area (Å²) in [5, 5.41) is 8.53. The predicted octanol–water partition coefficient (Wildman–Crippen LogP) is 2.85. The number of hydrogen-bond acceptors (Lipinski definition) is 5. The molecule has 1 unspecified atom stereocenters. The molecule has 1 aliphatic heterocycles. The van der Waals surface area contributed by atoms with Crippen LogP contribution in [-0.4, -0.2) is 29.5 Å². The highest BCUT2D eigenvalue weighted by Crippen LogP contribution is 2.29. The first-order chi connectivity index (χ1) is 12.4. The molecule has 7 heteroatoms. The average molecular weight is 332 g/mol. The van der Waals surface area contributed by atoms with Crippen LogP contribution in [0.2, 0.25) is 0 Å². The SMILES string of the molecule is c1ccc(-n2cc(-c3noc(C4CCn5ccnc5C4)n3)cn2)cc1. The molecular weight excluding hydrogens is 316 g/mol. The second kappa shape index (κ2) is 5.70. The lowest BCUT2D eigenvalue weighted by Gasteiger charge is -2.19. The van der Waals surface area contributed by atoms with Gasteiger partial charge >= 0.3 is 0 Å². The Hall–Kier alpha value is -3.22. The Morgan fingerprint density at radius 2 is 2.08 bits per heavy atom. The van der Waals surface area contributed by atoms with Gasteiger partial charge in [0.05, 0.1) is 17.4 Å². The second-order valence-electron chi connectivity index (χ2n) is 6.19.